The number of fused-ring (bicyclic) bond motifs is 3. The zero-order valence-electron chi connectivity index (χ0n) is 17.7. The lowest BCUT2D eigenvalue weighted by molar-refractivity contribution is 0.0980. The van der Waals surface area contributed by atoms with Crippen molar-refractivity contribution >= 4 is 22.5 Å². The lowest BCUT2D eigenvalue weighted by Gasteiger charge is -2.33. The highest BCUT2D eigenvalue weighted by Gasteiger charge is 2.49. The highest BCUT2D eigenvalue weighted by atomic mass is 19.1. The third-order valence-corrected chi connectivity index (χ3v) is 7.76. The summed E-state index contributed by atoms with van der Waals surface area (Å²) in [6, 6.07) is 15.5. The van der Waals surface area contributed by atoms with Crippen molar-refractivity contribution in [3.8, 4) is 0 Å². The number of carbonyl (C=O) groups is 1. The highest BCUT2D eigenvalue weighted by molar-refractivity contribution is 6.09. The lowest BCUT2D eigenvalue weighted by Crippen LogP contribution is -2.41. The van der Waals surface area contributed by atoms with Crippen LogP contribution in [0.3, 0.4) is 0 Å². The van der Waals surface area contributed by atoms with Crippen LogP contribution in [-0.4, -0.2) is 41.5 Å². The molecular weight excluding hydrogens is 389 g/mol. The van der Waals surface area contributed by atoms with E-state index in [1.807, 2.05) is 11.0 Å². The molecule has 1 N–H and O–H groups in total. The van der Waals surface area contributed by atoms with Crippen LogP contribution in [0.4, 0.5) is 10.1 Å². The van der Waals surface area contributed by atoms with Gasteiger partial charge in [0.15, 0.2) is 0 Å². The number of amides is 1. The predicted octanol–water partition coefficient (Wildman–Crippen LogP) is 5.24. The van der Waals surface area contributed by atoms with Gasteiger partial charge in [-0.3, -0.25) is 9.69 Å². The molecule has 1 spiro atoms. The molecule has 31 heavy (non-hydrogen) atoms. The van der Waals surface area contributed by atoms with Crippen LogP contribution in [-0.2, 0) is 5.41 Å². The first-order chi connectivity index (χ1) is 15.1. The molecule has 1 aromatic heterocycles. The topological polar surface area (TPSA) is 39.3 Å². The number of para-hydroxylation sites is 1. The van der Waals surface area contributed by atoms with Crippen molar-refractivity contribution < 1.29 is 9.18 Å². The van der Waals surface area contributed by atoms with Crippen LogP contribution in [0.25, 0.3) is 10.9 Å². The van der Waals surface area contributed by atoms with E-state index in [9.17, 15) is 9.18 Å². The number of carbonyl (C=O) groups excluding carboxylic acids is 1. The molecule has 1 saturated heterocycles. The van der Waals surface area contributed by atoms with Gasteiger partial charge in [-0.05, 0) is 61.7 Å². The summed E-state index contributed by atoms with van der Waals surface area (Å²) < 4.78 is 13.6. The van der Waals surface area contributed by atoms with Gasteiger partial charge in [0.05, 0.1) is 0 Å². The first kappa shape index (κ1) is 19.1. The van der Waals surface area contributed by atoms with Gasteiger partial charge in [-0.15, -0.1) is 0 Å². The summed E-state index contributed by atoms with van der Waals surface area (Å²) in [6.45, 7) is 2.88. The average molecular weight is 418 g/mol. The summed E-state index contributed by atoms with van der Waals surface area (Å²) in [5.74, 6) is -0.318. The van der Waals surface area contributed by atoms with Crippen molar-refractivity contribution in [3.05, 3.63) is 65.6 Å². The minimum atomic E-state index is -0.287. The predicted molar refractivity (Wildman–Crippen MR) is 121 cm³/mol. The van der Waals surface area contributed by atoms with Crippen LogP contribution in [0.15, 0.2) is 48.5 Å². The molecule has 2 aliphatic heterocycles. The van der Waals surface area contributed by atoms with Crippen LogP contribution in [0.2, 0.25) is 0 Å². The number of aromatic nitrogens is 1. The maximum absolute atomic E-state index is 13.6. The number of hydrogen-bond donors (Lipinski definition) is 1. The van der Waals surface area contributed by atoms with E-state index in [-0.39, 0.29) is 17.1 Å². The summed E-state index contributed by atoms with van der Waals surface area (Å²) in [7, 11) is 0. The van der Waals surface area contributed by atoms with Crippen LogP contribution in [0.1, 0.15) is 54.6 Å². The van der Waals surface area contributed by atoms with E-state index >= 15 is 0 Å². The van der Waals surface area contributed by atoms with Gasteiger partial charge in [0.25, 0.3) is 5.91 Å². The number of halogens is 1. The van der Waals surface area contributed by atoms with Gasteiger partial charge < -0.3 is 9.88 Å². The van der Waals surface area contributed by atoms with E-state index in [1.165, 1.54) is 49.8 Å². The fraction of sp³-hybridized carbons (Fsp3) is 0.423. The first-order valence-corrected chi connectivity index (χ1v) is 11.6. The third kappa shape index (κ3) is 3.09. The van der Waals surface area contributed by atoms with E-state index in [0.717, 1.165) is 42.6 Å². The Morgan fingerprint density at radius 1 is 1.03 bits per heavy atom. The Morgan fingerprint density at radius 3 is 2.74 bits per heavy atom. The summed E-state index contributed by atoms with van der Waals surface area (Å²) in [4.78, 5) is 21.4. The molecule has 2 fully saturated rings. The standard InChI is InChI=1S/C26H28FN3O/c27-19-10-11-22-18(14-19)15-23(28-22)25(31)30-17-26(21-8-4-5-9-24(21)30)12-13-29(16-26)20-6-2-1-3-7-20/h4-5,8-11,14-15,20,28H,1-3,6-7,12-13,16-17H2/t26-/m1/s1. The van der Waals surface area contributed by atoms with Crippen LogP contribution in [0, 0.1) is 5.82 Å². The number of nitrogens with zero attached hydrogens (tertiary/aromatic N) is 2. The van der Waals surface area contributed by atoms with E-state index in [4.69, 9.17) is 0 Å². The van der Waals surface area contributed by atoms with Crippen molar-refractivity contribution in [2.24, 2.45) is 0 Å². The molecule has 3 aromatic rings. The second-order valence-electron chi connectivity index (χ2n) is 9.62. The fourth-order valence-electron chi connectivity index (χ4n) is 6.19. The van der Waals surface area contributed by atoms with Crippen molar-refractivity contribution in [1.29, 1.82) is 0 Å². The minimum absolute atomic E-state index is 0.0157. The Morgan fingerprint density at radius 2 is 1.87 bits per heavy atom. The molecule has 3 aliphatic rings. The molecule has 0 radical (unpaired) electrons. The van der Waals surface area contributed by atoms with Crippen molar-refractivity contribution in [3.63, 3.8) is 0 Å². The van der Waals surface area contributed by atoms with Crippen molar-refractivity contribution in [2.75, 3.05) is 24.5 Å². The van der Waals surface area contributed by atoms with E-state index in [0.29, 0.717) is 11.7 Å². The molecule has 4 nitrogen and oxygen atoms in total. The van der Waals surface area contributed by atoms with E-state index in [2.05, 4.69) is 28.1 Å². The van der Waals surface area contributed by atoms with Gasteiger partial charge >= 0.3 is 0 Å². The first-order valence-electron chi connectivity index (χ1n) is 11.6. The molecule has 5 heteroatoms. The zero-order valence-corrected chi connectivity index (χ0v) is 17.7. The number of likely N-dealkylation sites (tertiary alicyclic amines) is 1. The van der Waals surface area contributed by atoms with Crippen molar-refractivity contribution in [2.45, 2.75) is 50.0 Å². The monoisotopic (exact) mass is 417 g/mol. The quantitative estimate of drug-likeness (QED) is 0.619. The molecule has 6 rings (SSSR count). The van der Waals surface area contributed by atoms with Crippen LogP contribution >= 0.6 is 0 Å². The van der Waals surface area contributed by atoms with E-state index in [1.54, 1.807) is 12.1 Å². The number of benzene rings is 2. The van der Waals surface area contributed by atoms with Gasteiger partial charge in [-0.1, -0.05) is 37.5 Å². The number of hydrogen-bond acceptors (Lipinski definition) is 2. The number of H-pyrrole nitrogens is 1. The molecule has 0 unspecified atom stereocenters. The van der Waals surface area contributed by atoms with Gasteiger partial charge in [0.2, 0.25) is 0 Å². The lowest BCUT2D eigenvalue weighted by atomic mass is 9.81. The Labute approximate surface area is 182 Å². The summed E-state index contributed by atoms with van der Waals surface area (Å²) in [5.41, 5.74) is 3.67. The number of aromatic amines is 1. The van der Waals surface area contributed by atoms with Gasteiger partial charge in [-0.2, -0.15) is 0 Å². The SMILES string of the molecule is O=C(c1cc2cc(F)ccc2[nH]1)N1C[C@]2(CCN(C3CCCCC3)C2)c2ccccc21. The molecule has 2 aromatic carbocycles. The van der Waals surface area contributed by atoms with Gasteiger partial charge in [0.1, 0.15) is 11.5 Å². The van der Waals surface area contributed by atoms with E-state index < -0.39 is 0 Å². The zero-order chi connectivity index (χ0) is 21.0. The van der Waals surface area contributed by atoms with Gasteiger partial charge in [0, 0.05) is 41.1 Å². The Kier molecular flexibility index (Phi) is 4.42. The molecular formula is C26H28FN3O. The second-order valence-corrected chi connectivity index (χ2v) is 9.62. The number of rotatable bonds is 2. The number of anilines is 1. The maximum Gasteiger partial charge on any atom is 0.274 e. The minimum Gasteiger partial charge on any atom is -0.351 e. The van der Waals surface area contributed by atoms with Crippen molar-refractivity contribution in [1.82, 2.24) is 9.88 Å². The van der Waals surface area contributed by atoms with Crippen LogP contribution < -0.4 is 4.90 Å². The molecule has 1 amide bonds. The highest BCUT2D eigenvalue weighted by Crippen LogP contribution is 2.47. The third-order valence-electron chi connectivity index (χ3n) is 7.76. The summed E-state index contributed by atoms with van der Waals surface area (Å²) in [5, 5.41) is 0.731. The largest absolute Gasteiger partial charge is 0.351 e. The fourth-order valence-corrected chi connectivity index (χ4v) is 6.19. The Bertz CT molecular complexity index is 1150. The second kappa shape index (κ2) is 7.20. The maximum atomic E-state index is 13.6. The molecule has 3 heterocycles. The number of nitrogens with one attached hydrogen (secondary N) is 1. The average Bonchev–Trinajstić information content (AvgIpc) is 3.50. The normalized spacial score (nSPS) is 24.4. The van der Waals surface area contributed by atoms with Crippen LogP contribution in [0.5, 0.6) is 0 Å². The summed E-state index contributed by atoms with van der Waals surface area (Å²) in [6.07, 6.45) is 7.78. The molecule has 1 saturated carbocycles. The Hall–Kier alpha value is -2.66. The Balaban J connectivity index is 1.32. The molecule has 1 atom stereocenters. The molecule has 0 bridgehead atoms. The summed E-state index contributed by atoms with van der Waals surface area (Å²) >= 11 is 0. The smallest absolute Gasteiger partial charge is 0.274 e. The van der Waals surface area contributed by atoms with Gasteiger partial charge in [-0.25, -0.2) is 4.39 Å². The molecule has 160 valence electrons. The molecule has 1 aliphatic carbocycles.